The molecule has 4 heteroatoms. The first-order valence-corrected chi connectivity index (χ1v) is 6.94. The Hall–Kier alpha value is -1.71. The molecule has 0 aliphatic heterocycles. The molecule has 0 radical (unpaired) electrons. The van der Waals surface area contributed by atoms with Gasteiger partial charge in [0.1, 0.15) is 18.1 Å². The smallest absolute Gasteiger partial charge is 0.124 e. The van der Waals surface area contributed by atoms with Gasteiger partial charge < -0.3 is 15.2 Å². The molecule has 1 atom stereocenters. The number of ether oxygens (including phenoxy) is 2. The summed E-state index contributed by atoms with van der Waals surface area (Å²) in [6, 6.07) is 14.7. The quantitative estimate of drug-likeness (QED) is 0.880. The summed E-state index contributed by atoms with van der Waals surface area (Å²) in [4.78, 5) is 0. The van der Waals surface area contributed by atoms with Crippen LogP contribution in [0.2, 0.25) is 5.02 Å². The van der Waals surface area contributed by atoms with Crippen molar-refractivity contribution in [3.8, 4) is 11.5 Å². The number of hydrogen-bond acceptors (Lipinski definition) is 3. The molecule has 2 rings (SSSR count). The van der Waals surface area contributed by atoms with Crippen LogP contribution < -0.4 is 15.2 Å². The lowest BCUT2D eigenvalue weighted by molar-refractivity contribution is 0.282. The van der Waals surface area contributed by atoms with Crippen molar-refractivity contribution in [2.24, 2.45) is 5.73 Å². The van der Waals surface area contributed by atoms with E-state index in [9.17, 15) is 0 Å². The summed E-state index contributed by atoms with van der Waals surface area (Å²) >= 11 is 5.83. The van der Waals surface area contributed by atoms with Crippen LogP contribution in [0.25, 0.3) is 0 Å². The lowest BCUT2D eigenvalue weighted by Crippen LogP contribution is -2.20. The van der Waals surface area contributed by atoms with E-state index in [1.54, 1.807) is 12.1 Å². The maximum absolute atomic E-state index is 6.17. The zero-order valence-corrected chi connectivity index (χ0v) is 12.1. The third-order valence-corrected chi connectivity index (χ3v) is 3.11. The maximum atomic E-state index is 6.17. The van der Waals surface area contributed by atoms with Crippen molar-refractivity contribution in [2.75, 3.05) is 13.2 Å². The fourth-order valence-electron chi connectivity index (χ4n) is 1.88. The SMILES string of the molecule is CCOc1ccccc1C(N)COc1ccc(Cl)cc1. The number of halogens is 1. The van der Waals surface area contributed by atoms with E-state index in [1.807, 2.05) is 43.3 Å². The van der Waals surface area contributed by atoms with Crippen LogP contribution in [-0.4, -0.2) is 13.2 Å². The predicted molar refractivity (Wildman–Crippen MR) is 81.5 cm³/mol. The minimum absolute atomic E-state index is 0.242. The fraction of sp³-hybridized carbons (Fsp3) is 0.250. The highest BCUT2D eigenvalue weighted by atomic mass is 35.5. The lowest BCUT2D eigenvalue weighted by atomic mass is 10.1. The number of nitrogens with two attached hydrogens (primary N) is 1. The Bertz CT molecular complexity index is 542. The standard InChI is InChI=1S/C16H18ClNO2/c1-2-19-16-6-4-3-5-14(16)15(18)11-20-13-9-7-12(17)8-10-13/h3-10,15H,2,11,18H2,1H3. The summed E-state index contributed by atoms with van der Waals surface area (Å²) in [6.07, 6.45) is 0. The van der Waals surface area contributed by atoms with Gasteiger partial charge in [-0.3, -0.25) is 0 Å². The Kier molecular flexibility index (Phi) is 5.27. The number of hydrogen-bond donors (Lipinski definition) is 1. The molecule has 20 heavy (non-hydrogen) atoms. The van der Waals surface area contributed by atoms with Crippen molar-refractivity contribution in [2.45, 2.75) is 13.0 Å². The molecule has 0 spiro atoms. The third kappa shape index (κ3) is 3.89. The summed E-state index contributed by atoms with van der Waals surface area (Å²) < 4.78 is 11.2. The predicted octanol–water partition coefficient (Wildman–Crippen LogP) is 3.82. The summed E-state index contributed by atoms with van der Waals surface area (Å²) in [6.45, 7) is 2.94. The second-order valence-corrected chi connectivity index (χ2v) is 4.78. The molecule has 0 bridgehead atoms. The zero-order chi connectivity index (χ0) is 14.4. The lowest BCUT2D eigenvalue weighted by Gasteiger charge is -2.17. The molecular formula is C16H18ClNO2. The molecule has 0 fully saturated rings. The van der Waals surface area contributed by atoms with E-state index in [1.165, 1.54) is 0 Å². The average Bonchev–Trinajstić information content (AvgIpc) is 2.47. The zero-order valence-electron chi connectivity index (χ0n) is 11.4. The fourth-order valence-corrected chi connectivity index (χ4v) is 2.01. The van der Waals surface area contributed by atoms with Crippen LogP contribution >= 0.6 is 11.6 Å². The van der Waals surface area contributed by atoms with Crippen LogP contribution in [0.5, 0.6) is 11.5 Å². The van der Waals surface area contributed by atoms with Gasteiger partial charge in [-0.05, 0) is 37.3 Å². The van der Waals surface area contributed by atoms with Gasteiger partial charge in [-0.1, -0.05) is 29.8 Å². The van der Waals surface area contributed by atoms with Crippen LogP contribution in [0, 0.1) is 0 Å². The van der Waals surface area contributed by atoms with Gasteiger partial charge in [0, 0.05) is 10.6 Å². The molecule has 3 nitrogen and oxygen atoms in total. The van der Waals surface area contributed by atoms with E-state index in [0.717, 1.165) is 17.1 Å². The third-order valence-electron chi connectivity index (χ3n) is 2.86. The summed E-state index contributed by atoms with van der Waals surface area (Å²) in [5.41, 5.74) is 7.12. The van der Waals surface area contributed by atoms with Crippen molar-refractivity contribution in [3.05, 3.63) is 59.1 Å². The highest BCUT2D eigenvalue weighted by Gasteiger charge is 2.12. The van der Waals surface area contributed by atoms with Gasteiger partial charge in [0.05, 0.1) is 12.6 Å². The molecule has 2 N–H and O–H groups in total. The van der Waals surface area contributed by atoms with E-state index >= 15 is 0 Å². The topological polar surface area (TPSA) is 44.5 Å². The molecule has 2 aromatic rings. The molecule has 0 saturated heterocycles. The van der Waals surface area contributed by atoms with Gasteiger partial charge >= 0.3 is 0 Å². The van der Waals surface area contributed by atoms with Crippen molar-refractivity contribution < 1.29 is 9.47 Å². The van der Waals surface area contributed by atoms with Crippen LogP contribution in [0.1, 0.15) is 18.5 Å². The number of benzene rings is 2. The Labute approximate surface area is 124 Å². The molecule has 0 aromatic heterocycles. The Balaban J connectivity index is 2.01. The normalized spacial score (nSPS) is 11.9. The Morgan fingerprint density at radius 3 is 2.45 bits per heavy atom. The first-order chi connectivity index (χ1) is 9.70. The first kappa shape index (κ1) is 14.7. The number of rotatable bonds is 6. The summed E-state index contributed by atoms with van der Waals surface area (Å²) in [7, 11) is 0. The van der Waals surface area contributed by atoms with Crippen LogP contribution in [-0.2, 0) is 0 Å². The molecule has 0 amide bonds. The minimum Gasteiger partial charge on any atom is -0.494 e. The van der Waals surface area contributed by atoms with E-state index in [2.05, 4.69) is 0 Å². The average molecular weight is 292 g/mol. The van der Waals surface area contributed by atoms with Gasteiger partial charge in [-0.15, -0.1) is 0 Å². The molecule has 0 heterocycles. The van der Waals surface area contributed by atoms with Gasteiger partial charge in [0.25, 0.3) is 0 Å². The minimum atomic E-state index is -0.242. The molecule has 1 unspecified atom stereocenters. The molecule has 0 aliphatic rings. The van der Waals surface area contributed by atoms with E-state index in [-0.39, 0.29) is 6.04 Å². The van der Waals surface area contributed by atoms with Crippen molar-refractivity contribution in [1.29, 1.82) is 0 Å². The van der Waals surface area contributed by atoms with E-state index < -0.39 is 0 Å². The second-order valence-electron chi connectivity index (χ2n) is 4.34. The summed E-state index contributed by atoms with van der Waals surface area (Å²) in [5, 5.41) is 0.684. The molecule has 106 valence electrons. The van der Waals surface area contributed by atoms with Crippen molar-refractivity contribution in [3.63, 3.8) is 0 Å². The Morgan fingerprint density at radius 1 is 1.05 bits per heavy atom. The second kappa shape index (κ2) is 7.17. The highest BCUT2D eigenvalue weighted by molar-refractivity contribution is 6.30. The van der Waals surface area contributed by atoms with Gasteiger partial charge in [-0.2, -0.15) is 0 Å². The highest BCUT2D eigenvalue weighted by Crippen LogP contribution is 2.24. The maximum Gasteiger partial charge on any atom is 0.124 e. The van der Waals surface area contributed by atoms with Crippen LogP contribution in [0.15, 0.2) is 48.5 Å². The van der Waals surface area contributed by atoms with E-state index in [4.69, 9.17) is 26.8 Å². The summed E-state index contributed by atoms with van der Waals surface area (Å²) in [5.74, 6) is 1.56. The van der Waals surface area contributed by atoms with Gasteiger partial charge in [0.2, 0.25) is 0 Å². The first-order valence-electron chi connectivity index (χ1n) is 6.56. The van der Waals surface area contributed by atoms with Crippen molar-refractivity contribution in [1.82, 2.24) is 0 Å². The molecular weight excluding hydrogens is 274 g/mol. The molecule has 0 aliphatic carbocycles. The van der Waals surface area contributed by atoms with Crippen LogP contribution in [0.3, 0.4) is 0 Å². The van der Waals surface area contributed by atoms with E-state index in [0.29, 0.717) is 18.2 Å². The number of para-hydroxylation sites is 1. The Morgan fingerprint density at radius 2 is 1.75 bits per heavy atom. The van der Waals surface area contributed by atoms with Gasteiger partial charge in [0.15, 0.2) is 0 Å². The molecule has 2 aromatic carbocycles. The van der Waals surface area contributed by atoms with Crippen LogP contribution in [0.4, 0.5) is 0 Å². The van der Waals surface area contributed by atoms with Gasteiger partial charge in [-0.25, -0.2) is 0 Å². The molecule has 0 saturated carbocycles. The van der Waals surface area contributed by atoms with Crippen molar-refractivity contribution >= 4 is 11.6 Å². The monoisotopic (exact) mass is 291 g/mol. The largest absolute Gasteiger partial charge is 0.494 e.